The SMILES string of the molecule is CC(C)OC(=O)c1cnc2c(c1)C(N1C[C@@H](F)C[C@@H]1c1cc(F)ccc1F)=NC2.C[Si](C)(C)CCOCn1nc(N2C[C@@H](F)C[C@@H]2c2cc(F)ccc2F)c2cc(C(=O)O)cnc21. The van der Waals surface area contributed by atoms with Gasteiger partial charge in [-0.2, -0.15) is 5.10 Å². The molecular formula is C44H47F6N7O5Si. The normalized spacial score (nSPS) is 19.7. The first kappa shape index (κ1) is 45.2. The molecule has 12 nitrogen and oxygen atoms in total. The summed E-state index contributed by atoms with van der Waals surface area (Å²) in [4.78, 5) is 40.0. The van der Waals surface area contributed by atoms with E-state index in [9.17, 15) is 41.0 Å². The predicted octanol–water partition coefficient (Wildman–Crippen LogP) is 8.98. The fourth-order valence-electron chi connectivity index (χ4n) is 7.85. The summed E-state index contributed by atoms with van der Waals surface area (Å²) in [5.74, 6) is -3.45. The summed E-state index contributed by atoms with van der Waals surface area (Å²) < 4.78 is 98.0. The second-order valence-corrected chi connectivity index (χ2v) is 22.8. The molecule has 8 rings (SSSR count). The average molecular weight is 896 g/mol. The largest absolute Gasteiger partial charge is 0.478 e. The molecule has 1 N–H and O–H groups in total. The third-order valence-corrected chi connectivity index (χ3v) is 12.6. The number of aliphatic imine (C=N–C) groups is 1. The summed E-state index contributed by atoms with van der Waals surface area (Å²) in [6.07, 6.45) is -0.165. The van der Waals surface area contributed by atoms with E-state index >= 15 is 0 Å². The molecule has 0 aliphatic carbocycles. The van der Waals surface area contributed by atoms with E-state index in [1.165, 1.54) is 23.1 Å². The first-order valence-electron chi connectivity index (χ1n) is 20.5. The number of aromatic carboxylic acids is 1. The van der Waals surface area contributed by atoms with Crippen LogP contribution in [0.3, 0.4) is 0 Å². The summed E-state index contributed by atoms with van der Waals surface area (Å²) >= 11 is 0. The number of carboxylic acids is 1. The predicted molar refractivity (Wildman–Crippen MR) is 225 cm³/mol. The highest BCUT2D eigenvalue weighted by Crippen LogP contribution is 2.41. The van der Waals surface area contributed by atoms with Gasteiger partial charge in [-0.1, -0.05) is 19.6 Å². The number of carbonyl (C=O) groups excluding carboxylic acids is 1. The molecule has 0 radical (unpaired) electrons. The fourth-order valence-corrected chi connectivity index (χ4v) is 8.60. The zero-order chi connectivity index (χ0) is 45.3. The lowest BCUT2D eigenvalue weighted by molar-refractivity contribution is 0.0377. The Balaban J connectivity index is 0.000000191. The van der Waals surface area contributed by atoms with E-state index in [2.05, 4.69) is 39.7 Å². The van der Waals surface area contributed by atoms with Crippen molar-refractivity contribution in [2.24, 2.45) is 4.99 Å². The number of carbonyl (C=O) groups is 2. The van der Waals surface area contributed by atoms with E-state index in [0.717, 1.165) is 42.4 Å². The van der Waals surface area contributed by atoms with Gasteiger partial charge >= 0.3 is 11.9 Å². The molecular weight excluding hydrogens is 849 g/mol. The Bertz CT molecular complexity index is 2550. The van der Waals surface area contributed by atoms with Crippen LogP contribution in [0, 0.1) is 23.3 Å². The average Bonchev–Trinajstić information content (AvgIpc) is 4.01. The Hall–Kier alpha value is -5.82. The van der Waals surface area contributed by atoms with Crippen molar-refractivity contribution in [1.82, 2.24) is 24.6 Å². The zero-order valence-electron chi connectivity index (χ0n) is 35.3. The van der Waals surface area contributed by atoms with Gasteiger partial charge in [0.2, 0.25) is 0 Å². The van der Waals surface area contributed by atoms with Crippen molar-refractivity contribution < 1.29 is 50.5 Å². The number of amidine groups is 1. The molecule has 0 saturated carbocycles. The van der Waals surface area contributed by atoms with Gasteiger partial charge in [-0.25, -0.2) is 45.6 Å². The molecule has 63 heavy (non-hydrogen) atoms. The minimum Gasteiger partial charge on any atom is -0.478 e. The van der Waals surface area contributed by atoms with Crippen LogP contribution in [0.25, 0.3) is 11.0 Å². The van der Waals surface area contributed by atoms with Gasteiger partial charge in [-0.05, 0) is 68.4 Å². The Kier molecular flexibility index (Phi) is 13.3. The lowest BCUT2D eigenvalue weighted by Gasteiger charge is -2.27. The first-order chi connectivity index (χ1) is 29.9. The van der Waals surface area contributed by atoms with Crippen molar-refractivity contribution in [1.29, 1.82) is 0 Å². The molecule has 5 aromatic rings. The molecule has 0 spiro atoms. The number of rotatable bonds is 11. The molecule has 4 atom stereocenters. The van der Waals surface area contributed by atoms with E-state index in [4.69, 9.17) is 9.47 Å². The van der Waals surface area contributed by atoms with Crippen LogP contribution in [0.5, 0.6) is 0 Å². The summed E-state index contributed by atoms with van der Waals surface area (Å²) in [6.45, 7) is 11.0. The van der Waals surface area contributed by atoms with Crippen LogP contribution >= 0.6 is 0 Å². The van der Waals surface area contributed by atoms with E-state index in [1.54, 1.807) is 29.7 Å². The second kappa shape index (κ2) is 18.5. The van der Waals surface area contributed by atoms with Gasteiger partial charge in [0.25, 0.3) is 0 Å². The van der Waals surface area contributed by atoms with Crippen molar-refractivity contribution in [3.05, 3.63) is 118 Å². The Morgan fingerprint density at radius 2 is 1.44 bits per heavy atom. The monoisotopic (exact) mass is 895 g/mol. The van der Waals surface area contributed by atoms with Crippen molar-refractivity contribution in [3.8, 4) is 0 Å². The van der Waals surface area contributed by atoms with Crippen molar-refractivity contribution in [2.75, 3.05) is 24.6 Å². The number of hydrogen-bond acceptors (Lipinski definition) is 10. The molecule has 3 aliphatic rings. The first-order valence-corrected chi connectivity index (χ1v) is 24.2. The Labute approximate surface area is 360 Å². The lowest BCUT2D eigenvalue weighted by Crippen LogP contribution is -2.32. The number of likely N-dealkylation sites (tertiary alicyclic amines) is 1. The molecule has 6 heterocycles. The smallest absolute Gasteiger partial charge is 0.339 e. The number of halogens is 6. The summed E-state index contributed by atoms with van der Waals surface area (Å²) in [6, 6.07) is 8.73. The molecule has 2 saturated heterocycles. The van der Waals surface area contributed by atoms with E-state index in [0.29, 0.717) is 34.7 Å². The Morgan fingerprint density at radius 1 is 0.841 bits per heavy atom. The maximum absolute atomic E-state index is 14.6. The van der Waals surface area contributed by atoms with Crippen LogP contribution in [0.2, 0.25) is 25.7 Å². The van der Waals surface area contributed by atoms with Gasteiger partial charge in [-0.15, -0.1) is 0 Å². The van der Waals surface area contributed by atoms with Crippen LogP contribution in [0.15, 0.2) is 65.9 Å². The maximum Gasteiger partial charge on any atom is 0.339 e. The number of benzene rings is 2. The molecule has 0 bridgehead atoms. The lowest BCUT2D eigenvalue weighted by atomic mass is 10.0. The molecule has 0 amide bonds. The van der Waals surface area contributed by atoms with E-state index < -0.39 is 67.7 Å². The van der Waals surface area contributed by atoms with Crippen LogP contribution in [0.1, 0.15) is 81.9 Å². The van der Waals surface area contributed by atoms with Gasteiger partial charge in [0.1, 0.15) is 48.2 Å². The molecule has 2 aromatic carbocycles. The van der Waals surface area contributed by atoms with Crippen LogP contribution in [-0.2, 0) is 22.7 Å². The van der Waals surface area contributed by atoms with E-state index in [1.807, 2.05) is 0 Å². The summed E-state index contributed by atoms with van der Waals surface area (Å²) in [5, 5.41) is 14.4. The number of anilines is 1. The Morgan fingerprint density at radius 3 is 2.05 bits per heavy atom. The molecule has 334 valence electrons. The quantitative estimate of drug-likeness (QED) is 0.0593. The number of pyridine rings is 2. The highest BCUT2D eigenvalue weighted by Gasteiger charge is 2.40. The highest BCUT2D eigenvalue weighted by atomic mass is 28.3. The molecule has 19 heteroatoms. The summed E-state index contributed by atoms with van der Waals surface area (Å²) in [7, 11) is -1.30. The van der Waals surface area contributed by atoms with Crippen molar-refractivity contribution in [3.63, 3.8) is 0 Å². The van der Waals surface area contributed by atoms with Gasteiger partial charge in [0.05, 0.1) is 60.0 Å². The third-order valence-electron chi connectivity index (χ3n) is 10.9. The molecule has 3 aromatic heterocycles. The second-order valence-electron chi connectivity index (χ2n) is 17.2. The van der Waals surface area contributed by atoms with Gasteiger partial charge in [0, 0.05) is 56.6 Å². The number of ether oxygens (including phenoxy) is 2. The number of fused-ring (bicyclic) bond motifs is 2. The minimum absolute atomic E-state index is 0.000435. The number of carboxylic acid groups (broad SMARTS) is 1. The van der Waals surface area contributed by atoms with Crippen LogP contribution in [0.4, 0.5) is 32.2 Å². The van der Waals surface area contributed by atoms with E-state index in [-0.39, 0.29) is 73.4 Å². The van der Waals surface area contributed by atoms with Crippen LogP contribution < -0.4 is 4.90 Å². The minimum atomic E-state index is -1.30. The van der Waals surface area contributed by atoms with Crippen molar-refractivity contribution in [2.45, 2.75) is 96.2 Å². The van der Waals surface area contributed by atoms with Gasteiger partial charge in [-0.3, -0.25) is 9.98 Å². The standard InChI is InChI=1S/C23H27F3N4O3Si.C21H20F3N3O2/c1-34(2,3)7-6-33-13-30-21-18(8-14(11-27-21)23(31)32)22(28-30)29-12-16(25)10-20(29)17-9-15(24)4-5-19(17)26;1-11(2)29-21(28)12-5-16-18(25-8-12)9-26-20(16)27-10-14(23)7-19(27)15-6-13(22)3-4-17(15)24/h4-5,8-9,11,16,20H,6-7,10,12-13H2,1-3H3,(H,31,32);3-6,8,11,14,19H,7,9-10H2,1-2H3/t16-,20+;14-,19+/m00/s1. The molecule has 0 unspecified atom stereocenters. The number of hydrogen-bond donors (Lipinski definition) is 1. The van der Waals surface area contributed by atoms with Gasteiger partial charge < -0.3 is 24.4 Å². The molecule has 2 fully saturated rings. The number of esters is 1. The fraction of sp³-hybridized carbons (Fsp3) is 0.409. The number of aromatic nitrogens is 4. The topological polar surface area (TPSA) is 135 Å². The zero-order valence-corrected chi connectivity index (χ0v) is 36.3. The molecule has 3 aliphatic heterocycles. The third kappa shape index (κ3) is 10.2. The highest BCUT2D eigenvalue weighted by molar-refractivity contribution is 6.76. The number of nitrogens with zero attached hydrogens (tertiary/aromatic N) is 7. The van der Waals surface area contributed by atoms with Crippen molar-refractivity contribution >= 4 is 42.7 Å². The maximum atomic E-state index is 14.6. The number of alkyl halides is 2. The summed E-state index contributed by atoms with van der Waals surface area (Å²) in [5.41, 5.74) is 1.91. The van der Waals surface area contributed by atoms with Gasteiger partial charge in [0.15, 0.2) is 11.5 Å². The van der Waals surface area contributed by atoms with Crippen LogP contribution in [-0.4, -0.2) is 93.7 Å².